The third-order valence-electron chi connectivity index (χ3n) is 5.07. The standard InChI is InChI=1S/C22H25BrFN3O3/c1-30-18-4-2-3-16(13-18)14-22(29)27-11-9-26(10-12-27)8-7-21(28)25-20-6-5-17(23)15-19(20)24/h2-6,13,15H,7-12,14H2,1H3,(H,25,28). The van der Waals surface area contributed by atoms with Crippen molar-refractivity contribution in [1.82, 2.24) is 9.80 Å². The average Bonchev–Trinajstić information content (AvgIpc) is 2.74. The Bertz CT molecular complexity index is 901. The predicted octanol–water partition coefficient (Wildman–Crippen LogP) is 3.31. The summed E-state index contributed by atoms with van der Waals surface area (Å²) in [6, 6.07) is 12.1. The zero-order valence-corrected chi connectivity index (χ0v) is 18.5. The van der Waals surface area contributed by atoms with Gasteiger partial charge < -0.3 is 15.0 Å². The number of benzene rings is 2. The average molecular weight is 478 g/mol. The predicted molar refractivity (Wildman–Crippen MR) is 117 cm³/mol. The Morgan fingerprint density at radius 3 is 2.60 bits per heavy atom. The number of hydrogen-bond acceptors (Lipinski definition) is 4. The second-order valence-corrected chi connectivity index (χ2v) is 8.09. The molecule has 0 aliphatic carbocycles. The number of amides is 2. The van der Waals surface area contributed by atoms with Crippen molar-refractivity contribution in [3.8, 4) is 5.75 Å². The molecule has 0 aromatic heterocycles. The highest BCUT2D eigenvalue weighted by Crippen LogP contribution is 2.19. The molecular weight excluding hydrogens is 453 g/mol. The van der Waals surface area contributed by atoms with Crippen LogP contribution < -0.4 is 10.1 Å². The molecule has 3 rings (SSSR count). The van der Waals surface area contributed by atoms with Crippen LogP contribution >= 0.6 is 15.9 Å². The van der Waals surface area contributed by atoms with Crippen LogP contribution in [0.15, 0.2) is 46.9 Å². The number of nitrogens with zero attached hydrogens (tertiary/aromatic N) is 2. The lowest BCUT2D eigenvalue weighted by molar-refractivity contribution is -0.132. The van der Waals surface area contributed by atoms with Crippen LogP contribution in [0.5, 0.6) is 5.75 Å². The SMILES string of the molecule is COc1cccc(CC(=O)N2CCN(CCC(=O)Nc3ccc(Br)cc3F)CC2)c1. The van der Waals surface area contributed by atoms with E-state index >= 15 is 0 Å². The number of carbonyl (C=O) groups excluding carboxylic acids is 2. The quantitative estimate of drug-likeness (QED) is 0.664. The Hall–Kier alpha value is -2.45. The number of hydrogen-bond donors (Lipinski definition) is 1. The van der Waals surface area contributed by atoms with Crippen LogP contribution in [0.1, 0.15) is 12.0 Å². The highest BCUT2D eigenvalue weighted by Gasteiger charge is 2.21. The van der Waals surface area contributed by atoms with Crippen molar-refractivity contribution in [3.05, 3.63) is 58.3 Å². The van der Waals surface area contributed by atoms with E-state index in [1.54, 1.807) is 13.2 Å². The molecule has 0 saturated carbocycles. The minimum Gasteiger partial charge on any atom is -0.497 e. The van der Waals surface area contributed by atoms with Crippen LogP contribution in [0.2, 0.25) is 0 Å². The van der Waals surface area contributed by atoms with Crippen LogP contribution in [0.3, 0.4) is 0 Å². The highest BCUT2D eigenvalue weighted by molar-refractivity contribution is 9.10. The van der Waals surface area contributed by atoms with Crippen molar-refractivity contribution >= 4 is 33.4 Å². The van der Waals surface area contributed by atoms with Gasteiger partial charge in [-0.05, 0) is 35.9 Å². The summed E-state index contributed by atoms with van der Waals surface area (Å²) in [5, 5.41) is 2.60. The van der Waals surface area contributed by atoms with Gasteiger partial charge in [0.05, 0.1) is 19.2 Å². The fourth-order valence-electron chi connectivity index (χ4n) is 3.35. The van der Waals surface area contributed by atoms with Gasteiger partial charge >= 0.3 is 0 Å². The zero-order chi connectivity index (χ0) is 21.5. The minimum atomic E-state index is -0.471. The molecule has 2 aromatic carbocycles. The molecule has 0 spiro atoms. The Labute approximate surface area is 184 Å². The Morgan fingerprint density at radius 1 is 1.13 bits per heavy atom. The van der Waals surface area contributed by atoms with Crippen LogP contribution in [0.4, 0.5) is 10.1 Å². The molecule has 0 radical (unpaired) electrons. The van der Waals surface area contributed by atoms with E-state index in [1.807, 2.05) is 29.2 Å². The Morgan fingerprint density at radius 2 is 1.90 bits per heavy atom. The molecule has 0 atom stereocenters. The fraction of sp³-hybridized carbons (Fsp3) is 0.364. The lowest BCUT2D eigenvalue weighted by Gasteiger charge is -2.34. The first-order valence-electron chi connectivity index (χ1n) is 9.82. The molecule has 1 fully saturated rings. The molecule has 1 aliphatic heterocycles. The first kappa shape index (κ1) is 22.2. The second kappa shape index (κ2) is 10.5. The number of anilines is 1. The summed E-state index contributed by atoms with van der Waals surface area (Å²) < 4.78 is 19.6. The molecule has 6 nitrogen and oxygen atoms in total. The molecule has 1 heterocycles. The number of ether oxygens (including phenoxy) is 1. The van der Waals surface area contributed by atoms with Crippen molar-refractivity contribution in [3.63, 3.8) is 0 Å². The molecule has 8 heteroatoms. The summed E-state index contributed by atoms with van der Waals surface area (Å²) in [6.07, 6.45) is 0.617. The normalized spacial score (nSPS) is 14.4. The number of rotatable bonds is 7. The van der Waals surface area contributed by atoms with Crippen molar-refractivity contribution in [2.75, 3.05) is 45.2 Å². The van der Waals surface area contributed by atoms with Gasteiger partial charge in [-0.1, -0.05) is 28.1 Å². The topological polar surface area (TPSA) is 61.9 Å². The van der Waals surface area contributed by atoms with Crippen LogP contribution in [0.25, 0.3) is 0 Å². The van der Waals surface area contributed by atoms with Gasteiger partial charge in [-0.3, -0.25) is 14.5 Å². The minimum absolute atomic E-state index is 0.0892. The van der Waals surface area contributed by atoms with Crippen LogP contribution in [0, 0.1) is 5.82 Å². The Balaban J connectivity index is 1.40. The maximum absolute atomic E-state index is 13.8. The molecule has 0 unspecified atom stereocenters. The van der Waals surface area contributed by atoms with E-state index in [2.05, 4.69) is 26.1 Å². The molecule has 2 amide bonds. The largest absolute Gasteiger partial charge is 0.497 e. The van der Waals surface area contributed by atoms with Crippen LogP contribution in [-0.4, -0.2) is 61.4 Å². The number of methoxy groups -OCH3 is 1. The lowest BCUT2D eigenvalue weighted by atomic mass is 10.1. The van der Waals surface area contributed by atoms with E-state index in [1.165, 1.54) is 12.1 Å². The van der Waals surface area contributed by atoms with Gasteiger partial charge in [-0.2, -0.15) is 0 Å². The van der Waals surface area contributed by atoms with Crippen LogP contribution in [-0.2, 0) is 16.0 Å². The summed E-state index contributed by atoms with van der Waals surface area (Å²) in [6.45, 7) is 3.26. The monoisotopic (exact) mass is 477 g/mol. The summed E-state index contributed by atoms with van der Waals surface area (Å²) in [5.74, 6) is 0.131. The van der Waals surface area contributed by atoms with E-state index in [-0.39, 0.29) is 23.9 Å². The zero-order valence-electron chi connectivity index (χ0n) is 16.9. The molecule has 1 aliphatic rings. The smallest absolute Gasteiger partial charge is 0.227 e. The van der Waals surface area contributed by atoms with E-state index < -0.39 is 5.82 Å². The fourth-order valence-corrected chi connectivity index (χ4v) is 3.69. The molecular formula is C22H25BrFN3O3. The van der Waals surface area contributed by atoms with Gasteiger partial charge in [0.2, 0.25) is 11.8 Å². The number of halogens is 2. The van der Waals surface area contributed by atoms with E-state index in [0.29, 0.717) is 43.6 Å². The maximum atomic E-state index is 13.8. The highest BCUT2D eigenvalue weighted by atomic mass is 79.9. The van der Waals surface area contributed by atoms with Crippen molar-refractivity contribution < 1.29 is 18.7 Å². The molecule has 160 valence electrons. The molecule has 2 aromatic rings. The summed E-state index contributed by atoms with van der Waals surface area (Å²) in [5.41, 5.74) is 1.11. The first-order valence-corrected chi connectivity index (χ1v) is 10.6. The number of piperazine rings is 1. The summed E-state index contributed by atoms with van der Waals surface area (Å²) in [7, 11) is 1.61. The van der Waals surface area contributed by atoms with E-state index in [0.717, 1.165) is 11.3 Å². The third kappa shape index (κ3) is 6.27. The van der Waals surface area contributed by atoms with E-state index in [9.17, 15) is 14.0 Å². The number of nitrogens with one attached hydrogen (secondary N) is 1. The molecule has 30 heavy (non-hydrogen) atoms. The van der Waals surface area contributed by atoms with Crippen molar-refractivity contribution in [1.29, 1.82) is 0 Å². The van der Waals surface area contributed by atoms with Gasteiger partial charge in [0, 0.05) is 43.6 Å². The molecule has 1 saturated heterocycles. The van der Waals surface area contributed by atoms with Gasteiger partial charge in [0.15, 0.2) is 0 Å². The van der Waals surface area contributed by atoms with Crippen molar-refractivity contribution in [2.24, 2.45) is 0 Å². The Kier molecular flexibility index (Phi) is 7.81. The van der Waals surface area contributed by atoms with Gasteiger partial charge in [0.1, 0.15) is 11.6 Å². The summed E-state index contributed by atoms with van der Waals surface area (Å²) >= 11 is 3.19. The van der Waals surface area contributed by atoms with Gasteiger partial charge in [-0.15, -0.1) is 0 Å². The van der Waals surface area contributed by atoms with E-state index in [4.69, 9.17) is 4.74 Å². The van der Waals surface area contributed by atoms with Gasteiger partial charge in [0.25, 0.3) is 0 Å². The van der Waals surface area contributed by atoms with Gasteiger partial charge in [-0.25, -0.2) is 4.39 Å². The first-order chi connectivity index (χ1) is 14.4. The third-order valence-corrected chi connectivity index (χ3v) is 5.57. The molecule has 1 N–H and O–H groups in total. The lowest BCUT2D eigenvalue weighted by Crippen LogP contribution is -2.49. The molecule has 0 bridgehead atoms. The number of carbonyl (C=O) groups is 2. The second-order valence-electron chi connectivity index (χ2n) is 7.17. The van der Waals surface area contributed by atoms with Crippen molar-refractivity contribution in [2.45, 2.75) is 12.8 Å². The maximum Gasteiger partial charge on any atom is 0.227 e. The summed E-state index contributed by atoms with van der Waals surface area (Å²) in [4.78, 5) is 28.7.